The third-order valence-corrected chi connectivity index (χ3v) is 6.13. The van der Waals surface area contributed by atoms with E-state index in [0.717, 1.165) is 9.40 Å². The van der Waals surface area contributed by atoms with Gasteiger partial charge in [0.05, 0.1) is 15.8 Å². The highest BCUT2D eigenvalue weighted by Gasteiger charge is 2.14. The average molecular weight is 370 g/mol. The monoisotopic (exact) mass is 370 g/mol. The van der Waals surface area contributed by atoms with Crippen LogP contribution in [0.3, 0.4) is 0 Å². The molecule has 3 aromatic heterocycles. The molecule has 0 atom stereocenters. The molecular formula is C18H14N2O3S2. The van der Waals surface area contributed by atoms with E-state index in [-0.39, 0.29) is 17.6 Å². The largest absolute Gasteiger partial charge is 0.459 e. The number of hydrogen-bond acceptors (Lipinski definition) is 5. The molecule has 3 heterocycles. The zero-order chi connectivity index (χ0) is 17.2. The summed E-state index contributed by atoms with van der Waals surface area (Å²) in [5, 5.41) is 6.72. The Hall–Kier alpha value is -2.64. The quantitative estimate of drug-likeness (QED) is 0.524. The van der Waals surface area contributed by atoms with Crippen molar-refractivity contribution >= 4 is 54.0 Å². The van der Waals surface area contributed by atoms with E-state index in [1.165, 1.54) is 27.7 Å². The standard InChI is InChI=1S/C18H14N2O3S2/c21-17(12-5-3-9-23-12)19-7-8-20-18(22)15-10-14-16(25-15)11-4-1-2-6-13(11)24-14/h1-6,9-10H,7-8H2,(H,19,21)(H,20,22). The number of amides is 2. The van der Waals surface area contributed by atoms with E-state index in [1.807, 2.05) is 18.2 Å². The highest BCUT2D eigenvalue weighted by atomic mass is 32.1. The van der Waals surface area contributed by atoms with Gasteiger partial charge in [0, 0.05) is 27.9 Å². The first-order valence-corrected chi connectivity index (χ1v) is 9.36. The Balaban J connectivity index is 1.36. The van der Waals surface area contributed by atoms with Crippen molar-refractivity contribution in [2.24, 2.45) is 0 Å². The summed E-state index contributed by atoms with van der Waals surface area (Å²) >= 11 is 3.19. The van der Waals surface area contributed by atoms with E-state index in [4.69, 9.17) is 4.42 Å². The topological polar surface area (TPSA) is 71.3 Å². The Morgan fingerprint density at radius 1 is 0.920 bits per heavy atom. The zero-order valence-electron chi connectivity index (χ0n) is 13.1. The van der Waals surface area contributed by atoms with Crippen LogP contribution in [-0.4, -0.2) is 24.9 Å². The molecule has 4 aromatic rings. The van der Waals surface area contributed by atoms with Crippen LogP contribution in [0, 0.1) is 0 Å². The number of rotatable bonds is 5. The second-order valence-electron chi connectivity index (χ2n) is 5.39. The normalized spacial score (nSPS) is 11.0. The summed E-state index contributed by atoms with van der Waals surface area (Å²) in [5.41, 5.74) is 0. The number of thiophene rings is 2. The van der Waals surface area contributed by atoms with Crippen LogP contribution >= 0.6 is 22.7 Å². The van der Waals surface area contributed by atoms with Crippen molar-refractivity contribution in [3.05, 3.63) is 59.4 Å². The molecule has 0 saturated heterocycles. The van der Waals surface area contributed by atoms with Crippen LogP contribution in [-0.2, 0) is 0 Å². The van der Waals surface area contributed by atoms with Gasteiger partial charge in [-0.2, -0.15) is 0 Å². The lowest BCUT2D eigenvalue weighted by Crippen LogP contribution is -2.34. The van der Waals surface area contributed by atoms with Gasteiger partial charge in [0.15, 0.2) is 5.76 Å². The van der Waals surface area contributed by atoms with E-state index in [9.17, 15) is 9.59 Å². The predicted molar refractivity (Wildman–Crippen MR) is 101 cm³/mol. The maximum absolute atomic E-state index is 12.3. The van der Waals surface area contributed by atoms with Gasteiger partial charge in [-0.15, -0.1) is 22.7 Å². The molecule has 0 radical (unpaired) electrons. The van der Waals surface area contributed by atoms with Crippen LogP contribution in [0.1, 0.15) is 20.2 Å². The van der Waals surface area contributed by atoms with E-state index < -0.39 is 0 Å². The van der Waals surface area contributed by atoms with Gasteiger partial charge in [-0.1, -0.05) is 18.2 Å². The van der Waals surface area contributed by atoms with Crippen molar-refractivity contribution in [1.29, 1.82) is 0 Å². The molecule has 126 valence electrons. The molecule has 0 bridgehead atoms. The molecule has 0 unspecified atom stereocenters. The number of carbonyl (C=O) groups excluding carboxylic acids is 2. The minimum absolute atomic E-state index is 0.121. The molecule has 2 N–H and O–H groups in total. The van der Waals surface area contributed by atoms with Crippen molar-refractivity contribution in [2.45, 2.75) is 0 Å². The number of carbonyl (C=O) groups is 2. The van der Waals surface area contributed by atoms with Crippen molar-refractivity contribution in [3.63, 3.8) is 0 Å². The molecule has 0 aliphatic rings. The van der Waals surface area contributed by atoms with E-state index in [0.29, 0.717) is 18.0 Å². The number of hydrogen-bond donors (Lipinski definition) is 2. The summed E-state index contributed by atoms with van der Waals surface area (Å²) in [6.45, 7) is 0.700. The zero-order valence-corrected chi connectivity index (χ0v) is 14.7. The Labute approximate surface area is 151 Å². The smallest absolute Gasteiger partial charge is 0.287 e. The van der Waals surface area contributed by atoms with Gasteiger partial charge in [0.25, 0.3) is 11.8 Å². The van der Waals surface area contributed by atoms with Crippen LogP contribution in [0.2, 0.25) is 0 Å². The molecule has 0 saturated carbocycles. The number of nitrogens with one attached hydrogen (secondary N) is 2. The molecular weight excluding hydrogens is 356 g/mol. The summed E-state index contributed by atoms with van der Waals surface area (Å²) in [5.74, 6) is -0.149. The first-order valence-electron chi connectivity index (χ1n) is 7.73. The van der Waals surface area contributed by atoms with Gasteiger partial charge in [0.1, 0.15) is 0 Å². The van der Waals surface area contributed by atoms with Crippen molar-refractivity contribution in [3.8, 4) is 0 Å². The first kappa shape index (κ1) is 15.9. The van der Waals surface area contributed by atoms with Crippen molar-refractivity contribution < 1.29 is 14.0 Å². The Bertz CT molecular complexity index is 1050. The molecule has 25 heavy (non-hydrogen) atoms. The Morgan fingerprint density at radius 2 is 1.72 bits per heavy atom. The van der Waals surface area contributed by atoms with Crippen LogP contribution in [0.25, 0.3) is 19.5 Å². The van der Waals surface area contributed by atoms with Gasteiger partial charge < -0.3 is 15.1 Å². The lowest BCUT2D eigenvalue weighted by atomic mass is 10.2. The molecule has 0 aliphatic heterocycles. The number of benzene rings is 1. The average Bonchev–Trinajstić information content (AvgIpc) is 3.33. The lowest BCUT2D eigenvalue weighted by Gasteiger charge is -2.04. The summed E-state index contributed by atoms with van der Waals surface area (Å²) in [7, 11) is 0. The molecule has 0 aliphatic carbocycles. The third-order valence-electron chi connectivity index (χ3n) is 3.71. The fraction of sp³-hybridized carbons (Fsp3) is 0.111. The third kappa shape index (κ3) is 3.16. The van der Waals surface area contributed by atoms with Crippen LogP contribution in [0.5, 0.6) is 0 Å². The minimum atomic E-state index is -0.289. The second kappa shape index (κ2) is 6.70. The van der Waals surface area contributed by atoms with Gasteiger partial charge in [0.2, 0.25) is 0 Å². The van der Waals surface area contributed by atoms with E-state index in [1.54, 1.807) is 23.5 Å². The number of fused-ring (bicyclic) bond motifs is 3. The highest BCUT2D eigenvalue weighted by molar-refractivity contribution is 7.33. The van der Waals surface area contributed by atoms with Crippen molar-refractivity contribution in [1.82, 2.24) is 10.6 Å². The molecule has 1 aromatic carbocycles. The van der Waals surface area contributed by atoms with Crippen LogP contribution in [0.4, 0.5) is 0 Å². The Morgan fingerprint density at radius 3 is 2.52 bits per heavy atom. The maximum Gasteiger partial charge on any atom is 0.287 e. The molecule has 0 fully saturated rings. The summed E-state index contributed by atoms with van der Waals surface area (Å²) in [6.07, 6.45) is 1.45. The van der Waals surface area contributed by atoms with Gasteiger partial charge in [-0.3, -0.25) is 9.59 Å². The molecule has 5 nitrogen and oxygen atoms in total. The fourth-order valence-corrected chi connectivity index (χ4v) is 4.99. The lowest BCUT2D eigenvalue weighted by molar-refractivity contribution is 0.0911. The van der Waals surface area contributed by atoms with Crippen LogP contribution in [0.15, 0.2) is 53.1 Å². The van der Waals surface area contributed by atoms with E-state index in [2.05, 4.69) is 22.8 Å². The maximum atomic E-state index is 12.3. The molecule has 4 rings (SSSR count). The first-order chi connectivity index (χ1) is 12.2. The molecule has 7 heteroatoms. The SMILES string of the molecule is O=C(NCCNC(=O)c1cc2sc3ccccc3c2s1)c1ccco1. The summed E-state index contributed by atoms with van der Waals surface area (Å²) in [6, 6.07) is 13.4. The van der Waals surface area contributed by atoms with Gasteiger partial charge in [-0.25, -0.2) is 0 Å². The van der Waals surface area contributed by atoms with Crippen LogP contribution < -0.4 is 10.6 Å². The number of furan rings is 1. The second-order valence-corrected chi connectivity index (χ2v) is 7.53. The van der Waals surface area contributed by atoms with Crippen molar-refractivity contribution in [2.75, 3.05) is 13.1 Å². The molecule has 2 amide bonds. The Kier molecular flexibility index (Phi) is 4.25. The summed E-state index contributed by atoms with van der Waals surface area (Å²) in [4.78, 5) is 24.7. The fourth-order valence-electron chi connectivity index (χ4n) is 2.55. The predicted octanol–water partition coefficient (Wildman–Crippen LogP) is 3.87. The summed E-state index contributed by atoms with van der Waals surface area (Å²) < 4.78 is 8.52. The highest BCUT2D eigenvalue weighted by Crippen LogP contribution is 2.39. The minimum Gasteiger partial charge on any atom is -0.459 e. The molecule has 0 spiro atoms. The van der Waals surface area contributed by atoms with Gasteiger partial charge in [-0.05, 0) is 24.3 Å². The van der Waals surface area contributed by atoms with E-state index >= 15 is 0 Å². The van der Waals surface area contributed by atoms with Gasteiger partial charge >= 0.3 is 0 Å².